The molecule has 2 aromatic rings. The third-order valence-corrected chi connectivity index (χ3v) is 5.24. The molecule has 0 amide bonds. The number of thiophene rings is 1. The first-order valence-electron chi connectivity index (χ1n) is 5.57. The van der Waals surface area contributed by atoms with Crippen molar-refractivity contribution in [3.05, 3.63) is 28.5 Å². The maximum absolute atomic E-state index is 12.2. The van der Waals surface area contributed by atoms with Crippen molar-refractivity contribution in [1.29, 1.82) is 0 Å². The van der Waals surface area contributed by atoms with Gasteiger partial charge in [0.15, 0.2) is 0 Å². The van der Waals surface area contributed by atoms with Crippen LogP contribution in [0, 0.1) is 0 Å². The van der Waals surface area contributed by atoms with Crippen LogP contribution < -0.4 is 10.5 Å². The number of hydrogen-bond donors (Lipinski definition) is 2. The van der Waals surface area contributed by atoms with Crippen LogP contribution in [-0.4, -0.2) is 23.2 Å². The average molecular weight is 301 g/mol. The predicted octanol–water partition coefficient (Wildman–Crippen LogP) is 0.375. The lowest BCUT2D eigenvalue weighted by molar-refractivity contribution is 0.553. The van der Waals surface area contributed by atoms with Gasteiger partial charge < -0.3 is 10.3 Å². The number of nitrogens with zero attached hydrogens (tertiary/aromatic N) is 3. The van der Waals surface area contributed by atoms with E-state index in [1.165, 1.54) is 17.7 Å². The van der Waals surface area contributed by atoms with Gasteiger partial charge >= 0.3 is 0 Å². The van der Waals surface area contributed by atoms with Crippen molar-refractivity contribution >= 4 is 21.4 Å². The molecule has 0 aromatic carbocycles. The van der Waals surface area contributed by atoms with Crippen LogP contribution in [0.2, 0.25) is 0 Å². The molecule has 1 unspecified atom stereocenters. The number of aryl methyl sites for hydroxylation is 1. The lowest BCUT2D eigenvalue weighted by Gasteiger charge is -2.12. The Kier molecular flexibility index (Phi) is 3.99. The Morgan fingerprint density at radius 3 is 2.84 bits per heavy atom. The van der Waals surface area contributed by atoms with Crippen LogP contribution in [0.25, 0.3) is 0 Å². The fraction of sp³-hybridized carbons (Fsp3) is 0.400. The summed E-state index contributed by atoms with van der Waals surface area (Å²) in [4.78, 5) is 1.05. The number of nitrogens with two attached hydrogens (primary N) is 1. The molecular formula is C10H15N5O2S2. The third kappa shape index (κ3) is 3.00. The molecule has 3 N–H and O–H groups in total. The van der Waals surface area contributed by atoms with Crippen LogP contribution in [0.5, 0.6) is 0 Å². The van der Waals surface area contributed by atoms with Gasteiger partial charge in [-0.2, -0.15) is 0 Å². The van der Waals surface area contributed by atoms with Crippen LogP contribution in [0.1, 0.15) is 23.7 Å². The summed E-state index contributed by atoms with van der Waals surface area (Å²) in [6.45, 7) is 2.05. The molecule has 0 saturated heterocycles. The van der Waals surface area contributed by atoms with Crippen molar-refractivity contribution in [3.8, 4) is 0 Å². The topological polar surface area (TPSA) is 103 Å². The number of hydrogen-bond acceptors (Lipinski definition) is 6. The van der Waals surface area contributed by atoms with E-state index >= 15 is 0 Å². The van der Waals surface area contributed by atoms with Gasteiger partial charge in [0.2, 0.25) is 10.0 Å². The van der Waals surface area contributed by atoms with Gasteiger partial charge in [-0.1, -0.05) is 0 Å². The van der Waals surface area contributed by atoms with E-state index < -0.39 is 16.1 Å². The Morgan fingerprint density at radius 1 is 1.58 bits per heavy atom. The van der Waals surface area contributed by atoms with Crippen molar-refractivity contribution in [1.82, 2.24) is 19.5 Å². The summed E-state index contributed by atoms with van der Waals surface area (Å²) in [6.07, 6.45) is 1.53. The van der Waals surface area contributed by atoms with E-state index in [1.807, 2.05) is 0 Å². The molecule has 104 valence electrons. The number of rotatable bonds is 5. The van der Waals surface area contributed by atoms with Crippen LogP contribution in [0.15, 0.2) is 22.7 Å². The Bertz CT molecular complexity index is 661. The smallest absolute Gasteiger partial charge is 0.242 e. The molecule has 0 fully saturated rings. The summed E-state index contributed by atoms with van der Waals surface area (Å²) in [5.41, 5.74) is 5.48. The van der Waals surface area contributed by atoms with Crippen molar-refractivity contribution < 1.29 is 8.42 Å². The number of sulfonamides is 1. The highest BCUT2D eigenvalue weighted by molar-refractivity contribution is 7.89. The molecule has 19 heavy (non-hydrogen) atoms. The number of aromatic nitrogens is 3. The van der Waals surface area contributed by atoms with Crippen molar-refractivity contribution in [2.24, 2.45) is 12.8 Å². The van der Waals surface area contributed by atoms with Crippen molar-refractivity contribution in [3.63, 3.8) is 0 Å². The molecule has 2 rings (SSSR count). The highest BCUT2D eigenvalue weighted by Crippen LogP contribution is 2.20. The zero-order valence-electron chi connectivity index (χ0n) is 10.6. The zero-order valence-corrected chi connectivity index (χ0v) is 12.2. The zero-order chi connectivity index (χ0) is 14.0. The van der Waals surface area contributed by atoms with E-state index in [4.69, 9.17) is 5.73 Å². The van der Waals surface area contributed by atoms with E-state index in [9.17, 15) is 8.42 Å². The maximum Gasteiger partial charge on any atom is 0.242 e. The second-order valence-electron chi connectivity index (χ2n) is 4.10. The summed E-state index contributed by atoms with van der Waals surface area (Å²) in [6, 6.07) is 1.12. The van der Waals surface area contributed by atoms with Gasteiger partial charge in [0.1, 0.15) is 12.2 Å². The highest BCUT2D eigenvalue weighted by atomic mass is 32.2. The van der Waals surface area contributed by atoms with Crippen LogP contribution >= 0.6 is 11.3 Å². The van der Waals surface area contributed by atoms with Crippen LogP contribution in [0.4, 0.5) is 0 Å². The Labute approximate surface area is 115 Å². The van der Waals surface area contributed by atoms with Crippen molar-refractivity contribution in [2.45, 2.75) is 24.4 Å². The first-order valence-corrected chi connectivity index (χ1v) is 7.94. The summed E-state index contributed by atoms with van der Waals surface area (Å²) < 4.78 is 28.6. The fourth-order valence-corrected chi connectivity index (χ4v) is 4.00. The molecule has 0 aliphatic carbocycles. The maximum atomic E-state index is 12.2. The van der Waals surface area contributed by atoms with Gasteiger partial charge in [0.05, 0.1) is 10.9 Å². The molecule has 0 aliphatic heterocycles. The predicted molar refractivity (Wildman–Crippen MR) is 71.9 cm³/mol. The van der Waals surface area contributed by atoms with Gasteiger partial charge in [-0.25, -0.2) is 13.1 Å². The van der Waals surface area contributed by atoms with Gasteiger partial charge in [0.25, 0.3) is 0 Å². The normalized spacial score (nSPS) is 13.6. The molecule has 0 spiro atoms. The van der Waals surface area contributed by atoms with E-state index in [0.29, 0.717) is 12.4 Å². The molecule has 2 heterocycles. The van der Waals surface area contributed by atoms with Gasteiger partial charge in [-0.3, -0.25) is 0 Å². The van der Waals surface area contributed by atoms with Crippen molar-refractivity contribution in [2.75, 3.05) is 0 Å². The third-order valence-electron chi connectivity index (χ3n) is 2.61. The number of nitrogens with one attached hydrogen (secondary N) is 1. The Hall–Kier alpha value is -1.29. The molecule has 2 aromatic heterocycles. The average Bonchev–Trinajstić information content (AvgIpc) is 2.96. The Balaban J connectivity index is 2.20. The standard InChI is InChI=1S/C10H15N5O2S2/c1-7(10-13-12-6-15(10)2)14-19(16,17)9-3-8(4-11)18-5-9/h3,5-7,14H,4,11H2,1-2H3. The second kappa shape index (κ2) is 5.37. The minimum Gasteiger partial charge on any atom is -0.326 e. The van der Waals surface area contributed by atoms with Gasteiger partial charge in [-0.15, -0.1) is 21.5 Å². The second-order valence-corrected chi connectivity index (χ2v) is 6.81. The molecule has 0 aliphatic rings. The van der Waals surface area contributed by atoms with E-state index in [2.05, 4.69) is 14.9 Å². The molecular weight excluding hydrogens is 286 g/mol. The first kappa shape index (κ1) is 14.1. The molecule has 1 atom stereocenters. The molecule has 0 radical (unpaired) electrons. The van der Waals surface area contributed by atoms with E-state index in [-0.39, 0.29) is 4.90 Å². The lowest BCUT2D eigenvalue weighted by atomic mass is 10.3. The minimum absolute atomic E-state index is 0.229. The van der Waals surface area contributed by atoms with Crippen LogP contribution in [-0.2, 0) is 23.6 Å². The van der Waals surface area contributed by atoms with E-state index in [1.54, 1.807) is 30.0 Å². The molecule has 7 nitrogen and oxygen atoms in total. The Morgan fingerprint density at radius 2 is 2.32 bits per heavy atom. The molecule has 0 saturated carbocycles. The monoisotopic (exact) mass is 301 g/mol. The fourth-order valence-electron chi connectivity index (χ4n) is 1.65. The summed E-state index contributed by atoms with van der Waals surface area (Å²) in [5, 5.41) is 9.19. The van der Waals surface area contributed by atoms with Gasteiger partial charge in [-0.05, 0) is 13.0 Å². The summed E-state index contributed by atoms with van der Waals surface area (Å²) in [5.74, 6) is 0.554. The molecule has 0 bridgehead atoms. The SMILES string of the molecule is CC(NS(=O)(=O)c1csc(CN)c1)c1nncn1C. The minimum atomic E-state index is -3.57. The lowest BCUT2D eigenvalue weighted by Crippen LogP contribution is -2.28. The van der Waals surface area contributed by atoms with E-state index in [0.717, 1.165) is 4.88 Å². The highest BCUT2D eigenvalue weighted by Gasteiger charge is 2.22. The first-order chi connectivity index (χ1) is 8.94. The molecule has 9 heteroatoms. The summed E-state index contributed by atoms with van der Waals surface area (Å²) >= 11 is 1.33. The van der Waals surface area contributed by atoms with Crippen LogP contribution in [0.3, 0.4) is 0 Å². The largest absolute Gasteiger partial charge is 0.326 e. The van der Waals surface area contributed by atoms with Gasteiger partial charge in [0, 0.05) is 23.8 Å². The quantitative estimate of drug-likeness (QED) is 0.831. The summed E-state index contributed by atoms with van der Waals surface area (Å²) in [7, 11) is -1.81.